The zero-order chi connectivity index (χ0) is 26.2. The van der Waals surface area contributed by atoms with E-state index in [4.69, 9.17) is 5.26 Å². The zero-order valence-electron chi connectivity index (χ0n) is 18.7. The molecule has 184 valence electrons. The van der Waals surface area contributed by atoms with Crippen LogP contribution in [0.4, 0.5) is 17.6 Å². The number of amides is 1. The summed E-state index contributed by atoms with van der Waals surface area (Å²) in [7, 11) is 0. The van der Waals surface area contributed by atoms with Crippen molar-refractivity contribution >= 4 is 16.8 Å². The summed E-state index contributed by atoms with van der Waals surface area (Å²) < 4.78 is 55.8. The first-order chi connectivity index (χ1) is 17.7. The number of nitriles is 1. The molecule has 0 aliphatic rings. The molecule has 0 fully saturated rings. The fraction of sp³-hybridized carbons (Fsp3) is 0.0800. The lowest BCUT2D eigenvalue weighted by molar-refractivity contribution is -0.138. The predicted octanol–water partition coefficient (Wildman–Crippen LogP) is 4.77. The molecule has 5 rings (SSSR count). The quantitative estimate of drug-likeness (QED) is 0.334. The average molecular weight is 505 g/mol. The average Bonchev–Trinajstić information content (AvgIpc) is 3.56. The van der Waals surface area contributed by atoms with Crippen molar-refractivity contribution in [3.8, 4) is 23.0 Å². The number of hydrogen-bond acceptors (Lipinski definition) is 5. The molecule has 0 aliphatic carbocycles. The van der Waals surface area contributed by atoms with Crippen LogP contribution in [0.1, 0.15) is 27.2 Å². The molecule has 3 heterocycles. The van der Waals surface area contributed by atoms with Crippen molar-refractivity contribution in [3.05, 3.63) is 95.3 Å². The van der Waals surface area contributed by atoms with E-state index < -0.39 is 23.3 Å². The number of aromatic amines is 1. The van der Waals surface area contributed by atoms with Gasteiger partial charge in [-0.05, 0) is 42.5 Å². The molecule has 0 spiro atoms. The second-order valence-electron chi connectivity index (χ2n) is 8.01. The fourth-order valence-corrected chi connectivity index (χ4v) is 3.72. The first kappa shape index (κ1) is 23.7. The van der Waals surface area contributed by atoms with Crippen molar-refractivity contribution in [3.63, 3.8) is 0 Å². The molecule has 3 aromatic heterocycles. The number of H-pyrrole nitrogens is 1. The van der Waals surface area contributed by atoms with Gasteiger partial charge in [-0.2, -0.15) is 28.6 Å². The maximum absolute atomic E-state index is 14.8. The summed E-state index contributed by atoms with van der Waals surface area (Å²) in [6.45, 7) is -0.0597. The number of fused-ring (bicyclic) bond motifs is 1. The number of alkyl halides is 3. The van der Waals surface area contributed by atoms with E-state index in [1.165, 1.54) is 35.1 Å². The van der Waals surface area contributed by atoms with Crippen molar-refractivity contribution in [2.75, 3.05) is 0 Å². The lowest BCUT2D eigenvalue weighted by Crippen LogP contribution is -2.23. The van der Waals surface area contributed by atoms with Gasteiger partial charge in [0.05, 0.1) is 28.7 Å². The smallest absolute Gasteiger partial charge is 0.348 e. The van der Waals surface area contributed by atoms with Gasteiger partial charge in [-0.3, -0.25) is 9.89 Å². The van der Waals surface area contributed by atoms with E-state index in [1.54, 1.807) is 30.5 Å². The van der Waals surface area contributed by atoms with E-state index in [9.17, 15) is 22.4 Å². The first-order valence-corrected chi connectivity index (χ1v) is 10.8. The van der Waals surface area contributed by atoms with Crippen LogP contribution >= 0.6 is 0 Å². The molecule has 5 aromatic rings. The molecule has 0 atom stereocenters. The second kappa shape index (κ2) is 9.19. The van der Waals surface area contributed by atoms with Crippen LogP contribution in [0.5, 0.6) is 0 Å². The van der Waals surface area contributed by atoms with Crippen LogP contribution < -0.4 is 5.32 Å². The molecule has 2 aromatic carbocycles. The molecule has 0 saturated heterocycles. The Labute approximate surface area is 206 Å². The van der Waals surface area contributed by atoms with E-state index in [-0.39, 0.29) is 29.3 Å². The van der Waals surface area contributed by atoms with Crippen molar-refractivity contribution in [1.82, 2.24) is 30.3 Å². The summed E-state index contributed by atoms with van der Waals surface area (Å²) in [5.74, 6) is -0.975. The van der Waals surface area contributed by atoms with Gasteiger partial charge in [0.25, 0.3) is 5.91 Å². The Hall–Kier alpha value is -5.05. The summed E-state index contributed by atoms with van der Waals surface area (Å²) in [5.41, 5.74) is 0.0676. The number of benzene rings is 2. The van der Waals surface area contributed by atoms with E-state index in [2.05, 4.69) is 25.6 Å². The highest BCUT2D eigenvalue weighted by Gasteiger charge is 2.35. The normalized spacial score (nSPS) is 11.4. The van der Waals surface area contributed by atoms with Gasteiger partial charge in [0.2, 0.25) is 0 Å². The number of halogens is 4. The van der Waals surface area contributed by atoms with Crippen LogP contribution in [-0.4, -0.2) is 30.9 Å². The number of carbonyl (C=O) groups is 1. The molecule has 37 heavy (non-hydrogen) atoms. The van der Waals surface area contributed by atoms with Crippen LogP contribution in [0.2, 0.25) is 0 Å². The molecule has 8 nitrogen and oxygen atoms in total. The summed E-state index contributed by atoms with van der Waals surface area (Å²) in [4.78, 5) is 16.1. The topological polar surface area (TPSA) is 112 Å². The Kier molecular flexibility index (Phi) is 5.88. The van der Waals surface area contributed by atoms with Crippen LogP contribution in [0.3, 0.4) is 0 Å². The summed E-state index contributed by atoms with van der Waals surface area (Å²) in [6, 6.07) is 13.0. The standard InChI is InChI=1S/C25H15F4N7O/c26-20-9-18(3-1-15(20)11-32-24(37)14-2-4-21-16(7-14)13-33-34-21)36-6-5-22(35-36)17-8-19(25(27,28)29)23(10-30)31-12-17/h1-9,12-13H,11H2,(H,32,37)(H,33,34). The van der Waals surface area contributed by atoms with Crippen LogP contribution in [-0.2, 0) is 12.7 Å². The lowest BCUT2D eigenvalue weighted by Gasteiger charge is -2.09. The Balaban J connectivity index is 1.32. The van der Waals surface area contributed by atoms with Gasteiger partial charge in [-0.25, -0.2) is 14.1 Å². The largest absolute Gasteiger partial charge is 0.419 e. The van der Waals surface area contributed by atoms with Gasteiger partial charge >= 0.3 is 6.18 Å². The maximum Gasteiger partial charge on any atom is 0.419 e. The minimum Gasteiger partial charge on any atom is -0.348 e. The highest BCUT2D eigenvalue weighted by Crippen LogP contribution is 2.33. The van der Waals surface area contributed by atoms with Gasteiger partial charge in [-0.15, -0.1) is 0 Å². The minimum absolute atomic E-state index is 0.0542. The minimum atomic E-state index is -4.75. The number of aromatic nitrogens is 5. The third-order valence-electron chi connectivity index (χ3n) is 5.63. The number of carbonyl (C=O) groups excluding carboxylic acids is 1. The van der Waals surface area contributed by atoms with E-state index in [0.29, 0.717) is 11.3 Å². The highest BCUT2D eigenvalue weighted by atomic mass is 19.4. The Morgan fingerprint density at radius 2 is 1.95 bits per heavy atom. The molecule has 2 N–H and O–H groups in total. The van der Waals surface area contributed by atoms with E-state index in [0.717, 1.165) is 23.2 Å². The molecule has 0 unspecified atom stereocenters. The number of nitrogens with one attached hydrogen (secondary N) is 2. The second-order valence-corrected chi connectivity index (χ2v) is 8.01. The van der Waals surface area contributed by atoms with Crippen molar-refractivity contribution in [1.29, 1.82) is 5.26 Å². The number of pyridine rings is 1. The van der Waals surface area contributed by atoms with Crippen molar-refractivity contribution in [2.24, 2.45) is 0 Å². The van der Waals surface area contributed by atoms with Crippen LogP contribution in [0, 0.1) is 17.1 Å². The lowest BCUT2D eigenvalue weighted by atomic mass is 10.1. The third kappa shape index (κ3) is 4.74. The first-order valence-electron chi connectivity index (χ1n) is 10.8. The molecule has 1 amide bonds. The Morgan fingerprint density at radius 1 is 1.11 bits per heavy atom. The fourth-order valence-electron chi connectivity index (χ4n) is 3.72. The van der Waals surface area contributed by atoms with Gasteiger partial charge in [0.15, 0.2) is 5.69 Å². The summed E-state index contributed by atoms with van der Waals surface area (Å²) >= 11 is 0. The molecule has 0 radical (unpaired) electrons. The van der Waals surface area contributed by atoms with Gasteiger partial charge in [0, 0.05) is 41.0 Å². The zero-order valence-corrected chi connectivity index (χ0v) is 18.7. The molecule has 12 heteroatoms. The van der Waals surface area contributed by atoms with Gasteiger partial charge < -0.3 is 5.32 Å². The Morgan fingerprint density at radius 3 is 2.70 bits per heavy atom. The SMILES string of the molecule is N#Cc1ncc(-c2ccn(-c3ccc(CNC(=O)c4ccc5[nH]ncc5c4)c(F)c3)n2)cc1C(F)(F)F. The summed E-state index contributed by atoms with van der Waals surface area (Å²) in [6.07, 6.45) is -0.574. The van der Waals surface area contributed by atoms with Gasteiger partial charge in [0.1, 0.15) is 11.9 Å². The van der Waals surface area contributed by atoms with E-state index >= 15 is 0 Å². The number of hydrogen-bond donors (Lipinski definition) is 2. The molecular weight excluding hydrogens is 490 g/mol. The third-order valence-corrected chi connectivity index (χ3v) is 5.63. The van der Waals surface area contributed by atoms with Gasteiger partial charge in [-0.1, -0.05) is 6.07 Å². The highest BCUT2D eigenvalue weighted by molar-refractivity contribution is 5.97. The molecule has 0 bridgehead atoms. The van der Waals surface area contributed by atoms with Crippen LogP contribution in [0.15, 0.2) is 67.1 Å². The molecular formula is C25H15F4N7O. The van der Waals surface area contributed by atoms with Crippen molar-refractivity contribution < 1.29 is 22.4 Å². The maximum atomic E-state index is 14.8. The number of nitrogens with zero attached hydrogens (tertiary/aromatic N) is 5. The predicted molar refractivity (Wildman–Crippen MR) is 124 cm³/mol. The van der Waals surface area contributed by atoms with Crippen molar-refractivity contribution in [2.45, 2.75) is 12.7 Å². The van der Waals surface area contributed by atoms with E-state index in [1.807, 2.05) is 0 Å². The molecule has 0 aliphatic heterocycles. The van der Waals surface area contributed by atoms with Crippen LogP contribution in [0.25, 0.3) is 27.8 Å². The number of rotatable bonds is 5. The monoisotopic (exact) mass is 505 g/mol. The summed E-state index contributed by atoms with van der Waals surface area (Å²) in [5, 5.41) is 23.3. The molecule has 0 saturated carbocycles. The Bertz CT molecular complexity index is 1680.